The normalized spacial score (nSPS) is 17.2. The van der Waals surface area contributed by atoms with Crippen LogP contribution in [0.5, 0.6) is 0 Å². The van der Waals surface area contributed by atoms with Crippen LogP contribution in [0.4, 0.5) is 4.79 Å². The molecule has 1 atom stereocenters. The monoisotopic (exact) mass is 464 g/mol. The highest BCUT2D eigenvalue weighted by atomic mass is 16.5. The minimum absolute atomic E-state index is 0.0361. The van der Waals surface area contributed by atoms with Gasteiger partial charge in [0.25, 0.3) is 0 Å². The lowest BCUT2D eigenvalue weighted by atomic mass is 9.73. The number of fused-ring (bicyclic) bond motifs is 3. The molecule has 0 bridgehead atoms. The van der Waals surface area contributed by atoms with Crippen molar-refractivity contribution in [2.75, 3.05) is 13.2 Å². The highest BCUT2D eigenvalue weighted by Gasteiger charge is 2.41. The molecule has 0 radical (unpaired) electrons. The van der Waals surface area contributed by atoms with Crippen molar-refractivity contribution >= 4 is 18.0 Å². The van der Waals surface area contributed by atoms with Crippen molar-refractivity contribution in [3.63, 3.8) is 0 Å². The molecular formula is C27H32N2O5. The Morgan fingerprint density at radius 3 is 2.15 bits per heavy atom. The van der Waals surface area contributed by atoms with Crippen LogP contribution in [0, 0.1) is 5.41 Å². The molecule has 1 fully saturated rings. The largest absolute Gasteiger partial charge is 0.480 e. The van der Waals surface area contributed by atoms with Crippen LogP contribution in [-0.2, 0) is 14.3 Å². The number of carbonyl (C=O) groups excluding carboxylic acids is 2. The Morgan fingerprint density at radius 1 is 1.00 bits per heavy atom. The molecule has 180 valence electrons. The van der Waals surface area contributed by atoms with E-state index in [1.165, 1.54) is 0 Å². The molecule has 2 amide bonds. The van der Waals surface area contributed by atoms with Gasteiger partial charge in [0, 0.05) is 12.5 Å². The van der Waals surface area contributed by atoms with E-state index < -0.39 is 23.5 Å². The van der Waals surface area contributed by atoms with Crippen LogP contribution >= 0.6 is 0 Å². The Labute approximate surface area is 199 Å². The van der Waals surface area contributed by atoms with Gasteiger partial charge in [0.05, 0.1) is 5.41 Å². The molecule has 0 unspecified atom stereocenters. The summed E-state index contributed by atoms with van der Waals surface area (Å²) < 4.78 is 5.62. The summed E-state index contributed by atoms with van der Waals surface area (Å²) in [6.45, 7) is 2.06. The maximum atomic E-state index is 13.1. The van der Waals surface area contributed by atoms with Crippen LogP contribution in [-0.4, -0.2) is 42.3 Å². The first-order chi connectivity index (χ1) is 16.4. The van der Waals surface area contributed by atoms with Gasteiger partial charge in [-0.25, -0.2) is 9.59 Å². The van der Waals surface area contributed by atoms with E-state index in [1.807, 2.05) is 24.3 Å². The summed E-state index contributed by atoms with van der Waals surface area (Å²) in [6, 6.07) is 15.4. The second-order valence-corrected chi connectivity index (χ2v) is 9.29. The quantitative estimate of drug-likeness (QED) is 0.535. The molecule has 0 saturated heterocycles. The Kier molecular flexibility index (Phi) is 7.20. The molecule has 3 N–H and O–H groups in total. The summed E-state index contributed by atoms with van der Waals surface area (Å²) in [5, 5.41) is 14.8. The van der Waals surface area contributed by atoms with Crippen molar-refractivity contribution in [2.45, 2.75) is 57.4 Å². The molecule has 2 aliphatic carbocycles. The Hall–Kier alpha value is -3.35. The van der Waals surface area contributed by atoms with Crippen LogP contribution in [0.25, 0.3) is 11.1 Å². The third-order valence-corrected chi connectivity index (χ3v) is 7.22. The number of carboxylic acids is 1. The topological polar surface area (TPSA) is 105 Å². The lowest BCUT2D eigenvalue weighted by molar-refractivity contribution is -0.144. The predicted molar refractivity (Wildman–Crippen MR) is 128 cm³/mol. The highest BCUT2D eigenvalue weighted by molar-refractivity contribution is 5.88. The van der Waals surface area contributed by atoms with Crippen LogP contribution in [0.2, 0.25) is 0 Å². The summed E-state index contributed by atoms with van der Waals surface area (Å²) >= 11 is 0. The molecule has 0 heterocycles. The molecule has 2 aliphatic rings. The van der Waals surface area contributed by atoms with E-state index in [2.05, 4.69) is 34.9 Å². The van der Waals surface area contributed by atoms with Gasteiger partial charge in [-0.3, -0.25) is 4.79 Å². The molecule has 0 aliphatic heterocycles. The highest BCUT2D eigenvalue weighted by Crippen LogP contribution is 2.44. The van der Waals surface area contributed by atoms with Crippen LogP contribution < -0.4 is 10.6 Å². The van der Waals surface area contributed by atoms with E-state index in [9.17, 15) is 19.5 Å². The standard InChI is InChI=1S/C27H32N2O5/c1-2-23(24(30)31)29-25(32)27(14-8-3-9-15-27)17-28-26(33)34-16-22-20-12-6-4-10-18(20)19-11-5-7-13-21(19)22/h4-7,10-13,22-23H,2-3,8-9,14-17H2,1H3,(H,28,33)(H,29,32)(H,30,31)/t23-/m1/s1. The summed E-state index contributed by atoms with van der Waals surface area (Å²) in [6.07, 6.45) is 3.71. The fourth-order valence-corrected chi connectivity index (χ4v) is 5.25. The van der Waals surface area contributed by atoms with Crippen molar-refractivity contribution in [3.05, 3.63) is 59.7 Å². The maximum Gasteiger partial charge on any atom is 0.407 e. The van der Waals surface area contributed by atoms with Gasteiger partial charge in [0.15, 0.2) is 0 Å². The zero-order valence-electron chi connectivity index (χ0n) is 19.5. The number of hydrogen-bond acceptors (Lipinski definition) is 4. The van der Waals surface area contributed by atoms with Crippen molar-refractivity contribution in [1.29, 1.82) is 0 Å². The number of carbonyl (C=O) groups is 3. The average Bonchev–Trinajstić information content (AvgIpc) is 3.18. The summed E-state index contributed by atoms with van der Waals surface area (Å²) in [4.78, 5) is 37.1. The molecule has 4 rings (SSSR count). The molecule has 2 aromatic rings. The van der Waals surface area contributed by atoms with Gasteiger partial charge >= 0.3 is 12.1 Å². The first-order valence-electron chi connectivity index (χ1n) is 12.1. The zero-order valence-corrected chi connectivity index (χ0v) is 19.5. The minimum Gasteiger partial charge on any atom is -0.480 e. The number of rotatable bonds is 8. The van der Waals surface area contributed by atoms with E-state index in [4.69, 9.17) is 4.74 Å². The first kappa shape index (κ1) is 23.8. The van der Waals surface area contributed by atoms with Gasteiger partial charge in [-0.2, -0.15) is 0 Å². The van der Waals surface area contributed by atoms with E-state index >= 15 is 0 Å². The van der Waals surface area contributed by atoms with Crippen molar-refractivity contribution in [2.24, 2.45) is 5.41 Å². The number of hydrogen-bond donors (Lipinski definition) is 3. The van der Waals surface area contributed by atoms with E-state index in [0.29, 0.717) is 19.3 Å². The Morgan fingerprint density at radius 2 is 1.59 bits per heavy atom. The lowest BCUT2D eigenvalue weighted by Crippen LogP contribution is -2.53. The molecule has 0 spiro atoms. The fraction of sp³-hybridized carbons (Fsp3) is 0.444. The van der Waals surface area contributed by atoms with Gasteiger partial charge < -0.3 is 20.5 Å². The molecule has 2 aromatic carbocycles. The van der Waals surface area contributed by atoms with Crippen molar-refractivity contribution in [1.82, 2.24) is 10.6 Å². The summed E-state index contributed by atoms with van der Waals surface area (Å²) in [7, 11) is 0. The smallest absolute Gasteiger partial charge is 0.407 e. The average molecular weight is 465 g/mol. The number of ether oxygens (including phenoxy) is 1. The third kappa shape index (κ3) is 4.79. The van der Waals surface area contributed by atoms with Crippen LogP contribution in [0.15, 0.2) is 48.5 Å². The number of aliphatic carboxylic acids is 1. The Bertz CT molecular complexity index is 1010. The number of nitrogens with one attached hydrogen (secondary N) is 2. The van der Waals surface area contributed by atoms with Crippen LogP contribution in [0.1, 0.15) is 62.5 Å². The van der Waals surface area contributed by atoms with E-state index in [0.717, 1.165) is 41.5 Å². The number of alkyl carbamates (subject to hydrolysis) is 1. The Balaban J connectivity index is 1.39. The molecule has 7 heteroatoms. The SMILES string of the molecule is CC[C@@H](NC(=O)C1(CNC(=O)OCC2c3ccccc3-c3ccccc32)CCCCC1)C(=O)O. The molecular weight excluding hydrogens is 432 g/mol. The van der Waals surface area contributed by atoms with Crippen molar-refractivity contribution in [3.8, 4) is 11.1 Å². The lowest BCUT2D eigenvalue weighted by Gasteiger charge is -2.36. The molecule has 0 aromatic heterocycles. The van der Waals surface area contributed by atoms with Crippen molar-refractivity contribution < 1.29 is 24.2 Å². The first-order valence-corrected chi connectivity index (χ1v) is 12.1. The van der Waals surface area contributed by atoms with E-state index in [1.54, 1.807) is 6.92 Å². The molecule has 1 saturated carbocycles. The molecule has 7 nitrogen and oxygen atoms in total. The summed E-state index contributed by atoms with van der Waals surface area (Å²) in [5.74, 6) is -1.39. The van der Waals surface area contributed by atoms with Crippen LogP contribution in [0.3, 0.4) is 0 Å². The fourth-order valence-electron chi connectivity index (χ4n) is 5.25. The number of carboxylic acid groups (broad SMARTS) is 1. The van der Waals surface area contributed by atoms with Gasteiger partial charge in [-0.05, 0) is 41.5 Å². The summed E-state index contributed by atoms with van der Waals surface area (Å²) in [5.41, 5.74) is 3.78. The second kappa shape index (κ2) is 10.3. The van der Waals surface area contributed by atoms with Gasteiger partial charge in [-0.15, -0.1) is 0 Å². The number of amides is 2. The minimum atomic E-state index is -1.05. The van der Waals surface area contributed by atoms with Gasteiger partial charge in [-0.1, -0.05) is 74.7 Å². The van der Waals surface area contributed by atoms with Gasteiger partial charge in [0.2, 0.25) is 5.91 Å². The predicted octanol–water partition coefficient (Wildman–Crippen LogP) is 4.46. The number of benzene rings is 2. The molecule has 34 heavy (non-hydrogen) atoms. The third-order valence-electron chi connectivity index (χ3n) is 7.22. The maximum absolute atomic E-state index is 13.1. The second-order valence-electron chi connectivity index (χ2n) is 9.29. The van der Waals surface area contributed by atoms with Gasteiger partial charge in [0.1, 0.15) is 12.6 Å². The van der Waals surface area contributed by atoms with E-state index in [-0.39, 0.29) is 25.0 Å². The zero-order chi connectivity index (χ0) is 24.1.